The normalized spacial score (nSPS) is 10.9. The van der Waals surface area contributed by atoms with E-state index in [0.29, 0.717) is 36.1 Å². The first-order valence-electron chi connectivity index (χ1n) is 8.79. The van der Waals surface area contributed by atoms with Gasteiger partial charge in [-0.2, -0.15) is 4.80 Å². The molecule has 2 aromatic heterocycles. The van der Waals surface area contributed by atoms with Gasteiger partial charge in [0.25, 0.3) is 0 Å². The van der Waals surface area contributed by atoms with Gasteiger partial charge in [-0.3, -0.25) is 4.79 Å². The third kappa shape index (κ3) is 3.99. The number of ether oxygens (including phenoxy) is 1. The van der Waals surface area contributed by atoms with Crippen LogP contribution in [-0.4, -0.2) is 38.2 Å². The lowest BCUT2D eigenvalue weighted by molar-refractivity contribution is -0.116. The molecule has 0 fully saturated rings. The van der Waals surface area contributed by atoms with Gasteiger partial charge in [-0.25, -0.2) is 4.98 Å². The number of hydrogen-bond acceptors (Lipinski definition) is 7. The van der Waals surface area contributed by atoms with E-state index in [9.17, 15) is 4.79 Å². The van der Waals surface area contributed by atoms with Crippen molar-refractivity contribution >= 4 is 32.6 Å². The molecule has 1 amide bonds. The number of amides is 1. The lowest BCUT2D eigenvalue weighted by Crippen LogP contribution is -2.13. The van der Waals surface area contributed by atoms with Crippen molar-refractivity contribution in [3.63, 3.8) is 0 Å². The molecule has 28 heavy (non-hydrogen) atoms. The van der Waals surface area contributed by atoms with Crippen LogP contribution in [0.1, 0.15) is 12.8 Å². The van der Waals surface area contributed by atoms with Crippen LogP contribution in [0.3, 0.4) is 0 Å². The summed E-state index contributed by atoms with van der Waals surface area (Å²) in [5, 5.41) is 15.9. The van der Waals surface area contributed by atoms with Crippen LogP contribution in [0.5, 0.6) is 5.75 Å². The van der Waals surface area contributed by atoms with Crippen LogP contribution < -0.4 is 10.1 Å². The fourth-order valence-electron chi connectivity index (χ4n) is 2.74. The van der Waals surface area contributed by atoms with Crippen LogP contribution in [0.2, 0.25) is 0 Å². The second-order valence-electron chi connectivity index (χ2n) is 6.05. The number of thiazole rings is 1. The van der Waals surface area contributed by atoms with Gasteiger partial charge in [-0.15, -0.1) is 10.2 Å². The highest BCUT2D eigenvalue weighted by Crippen LogP contribution is 2.32. The summed E-state index contributed by atoms with van der Waals surface area (Å²) in [6, 6.07) is 15.4. The standard InChI is InChI=1S/C19H18N6O2S/c1-27-14-9-5-10-15-17(14)21-19(28-15)20-16(26)11-6-12-25-23-18(22-24-25)13-7-3-2-4-8-13/h2-5,7-10H,6,11-12H2,1H3,(H,20,21,26). The maximum atomic E-state index is 12.2. The molecule has 0 atom stereocenters. The molecule has 0 unspecified atom stereocenters. The average Bonchev–Trinajstić information content (AvgIpc) is 3.35. The highest BCUT2D eigenvalue weighted by atomic mass is 32.1. The number of nitrogens with zero attached hydrogens (tertiary/aromatic N) is 5. The summed E-state index contributed by atoms with van der Waals surface area (Å²) >= 11 is 1.42. The molecule has 0 saturated heterocycles. The Morgan fingerprint density at radius 1 is 1.18 bits per heavy atom. The van der Waals surface area contributed by atoms with Crippen molar-refractivity contribution in [2.24, 2.45) is 0 Å². The zero-order chi connectivity index (χ0) is 19.3. The molecule has 1 N–H and O–H groups in total. The topological polar surface area (TPSA) is 94.8 Å². The maximum Gasteiger partial charge on any atom is 0.226 e. The number of hydrogen-bond donors (Lipinski definition) is 1. The maximum absolute atomic E-state index is 12.2. The summed E-state index contributed by atoms with van der Waals surface area (Å²) in [5.41, 5.74) is 1.67. The number of nitrogens with one attached hydrogen (secondary N) is 1. The fraction of sp³-hybridized carbons (Fsp3) is 0.211. The largest absolute Gasteiger partial charge is 0.494 e. The minimum atomic E-state index is -0.0959. The Balaban J connectivity index is 1.31. The lowest BCUT2D eigenvalue weighted by atomic mass is 10.2. The molecule has 0 aliphatic heterocycles. The second kappa shape index (κ2) is 8.13. The van der Waals surface area contributed by atoms with Crippen LogP contribution >= 0.6 is 11.3 Å². The van der Waals surface area contributed by atoms with Crippen molar-refractivity contribution < 1.29 is 9.53 Å². The molecule has 8 nitrogen and oxygen atoms in total. The minimum absolute atomic E-state index is 0.0959. The Kier molecular flexibility index (Phi) is 5.24. The Morgan fingerprint density at radius 2 is 2.04 bits per heavy atom. The van der Waals surface area contributed by atoms with Crippen molar-refractivity contribution in [2.75, 3.05) is 12.4 Å². The van der Waals surface area contributed by atoms with E-state index in [-0.39, 0.29) is 5.91 Å². The van der Waals surface area contributed by atoms with Crippen molar-refractivity contribution in [1.29, 1.82) is 0 Å². The number of tetrazole rings is 1. The van der Waals surface area contributed by atoms with E-state index in [1.54, 1.807) is 7.11 Å². The molecular formula is C19H18N6O2S. The molecule has 4 aromatic rings. The van der Waals surface area contributed by atoms with Gasteiger partial charge in [0.15, 0.2) is 5.13 Å². The number of para-hydroxylation sites is 1. The van der Waals surface area contributed by atoms with Crippen molar-refractivity contribution in [3.8, 4) is 17.1 Å². The Hall–Kier alpha value is -3.33. The smallest absolute Gasteiger partial charge is 0.226 e. The Bertz CT molecular complexity index is 1090. The molecule has 4 rings (SSSR count). The zero-order valence-electron chi connectivity index (χ0n) is 15.2. The number of aryl methyl sites for hydroxylation is 1. The van der Waals surface area contributed by atoms with Gasteiger partial charge in [-0.05, 0) is 23.8 Å². The van der Waals surface area contributed by atoms with E-state index < -0.39 is 0 Å². The van der Waals surface area contributed by atoms with Crippen molar-refractivity contribution in [2.45, 2.75) is 19.4 Å². The number of rotatable bonds is 7. The predicted molar refractivity (Wildman–Crippen MR) is 107 cm³/mol. The van der Waals surface area contributed by atoms with Gasteiger partial charge < -0.3 is 10.1 Å². The fourth-order valence-corrected chi connectivity index (χ4v) is 3.64. The zero-order valence-corrected chi connectivity index (χ0v) is 16.0. The van der Waals surface area contributed by atoms with E-state index >= 15 is 0 Å². The third-order valence-electron chi connectivity index (χ3n) is 4.10. The number of aromatic nitrogens is 5. The molecule has 0 aliphatic rings. The van der Waals surface area contributed by atoms with Crippen molar-refractivity contribution in [1.82, 2.24) is 25.2 Å². The van der Waals surface area contributed by atoms with E-state index in [2.05, 4.69) is 25.7 Å². The van der Waals surface area contributed by atoms with Crippen LogP contribution in [0.4, 0.5) is 5.13 Å². The Morgan fingerprint density at radius 3 is 2.86 bits per heavy atom. The second-order valence-corrected chi connectivity index (χ2v) is 7.08. The summed E-state index contributed by atoms with van der Waals surface area (Å²) in [5.74, 6) is 1.18. The molecule has 9 heteroatoms. The summed E-state index contributed by atoms with van der Waals surface area (Å²) < 4.78 is 6.27. The van der Waals surface area contributed by atoms with Crippen LogP contribution in [0.25, 0.3) is 21.6 Å². The molecular weight excluding hydrogens is 376 g/mol. The Labute approximate surface area is 165 Å². The van der Waals surface area contributed by atoms with E-state index in [1.807, 2.05) is 48.5 Å². The quantitative estimate of drug-likeness (QED) is 0.516. The number of carbonyl (C=O) groups excluding carboxylic acids is 1. The van der Waals surface area contributed by atoms with Gasteiger partial charge in [0.2, 0.25) is 11.7 Å². The summed E-state index contributed by atoms with van der Waals surface area (Å²) in [7, 11) is 1.60. The molecule has 0 saturated carbocycles. The lowest BCUT2D eigenvalue weighted by Gasteiger charge is -2.01. The molecule has 0 radical (unpaired) electrons. The number of fused-ring (bicyclic) bond motifs is 1. The van der Waals surface area contributed by atoms with Gasteiger partial charge >= 0.3 is 0 Å². The minimum Gasteiger partial charge on any atom is -0.494 e. The van der Waals surface area contributed by atoms with Gasteiger partial charge in [0, 0.05) is 12.0 Å². The third-order valence-corrected chi connectivity index (χ3v) is 5.03. The highest BCUT2D eigenvalue weighted by Gasteiger charge is 2.11. The summed E-state index contributed by atoms with van der Waals surface area (Å²) in [6.07, 6.45) is 0.944. The van der Waals surface area contributed by atoms with E-state index in [4.69, 9.17) is 4.74 Å². The molecule has 142 valence electrons. The highest BCUT2D eigenvalue weighted by molar-refractivity contribution is 7.22. The monoisotopic (exact) mass is 394 g/mol. The number of methoxy groups -OCH3 is 1. The van der Waals surface area contributed by atoms with Gasteiger partial charge in [0.05, 0.1) is 18.4 Å². The summed E-state index contributed by atoms with van der Waals surface area (Å²) in [4.78, 5) is 18.2. The van der Waals surface area contributed by atoms with Crippen LogP contribution in [0, 0.1) is 0 Å². The SMILES string of the molecule is COc1cccc2sc(NC(=O)CCCn3nnc(-c4ccccc4)n3)nc12. The van der Waals surface area contributed by atoms with Crippen LogP contribution in [0.15, 0.2) is 48.5 Å². The van der Waals surface area contributed by atoms with Gasteiger partial charge in [0.1, 0.15) is 11.3 Å². The molecule has 0 spiro atoms. The molecule has 2 heterocycles. The van der Waals surface area contributed by atoms with Crippen LogP contribution in [-0.2, 0) is 11.3 Å². The first-order valence-corrected chi connectivity index (χ1v) is 9.61. The average molecular weight is 394 g/mol. The van der Waals surface area contributed by atoms with E-state index in [1.165, 1.54) is 16.1 Å². The molecule has 0 aliphatic carbocycles. The van der Waals surface area contributed by atoms with E-state index in [0.717, 1.165) is 15.8 Å². The molecule has 0 bridgehead atoms. The van der Waals surface area contributed by atoms with Crippen molar-refractivity contribution in [3.05, 3.63) is 48.5 Å². The number of anilines is 1. The predicted octanol–water partition coefficient (Wildman–Crippen LogP) is 3.38. The first kappa shape index (κ1) is 18.1. The number of benzene rings is 2. The van der Waals surface area contributed by atoms with Gasteiger partial charge in [-0.1, -0.05) is 47.7 Å². The molecule has 2 aromatic carbocycles. The summed E-state index contributed by atoms with van der Waals surface area (Å²) in [6.45, 7) is 0.515. The first-order chi connectivity index (χ1) is 13.7. The number of carbonyl (C=O) groups is 1.